The number of aromatic nitrogens is 2. The molecule has 0 spiro atoms. The van der Waals surface area contributed by atoms with Gasteiger partial charge in [-0.25, -0.2) is 4.98 Å². The van der Waals surface area contributed by atoms with Crippen LogP contribution in [0.15, 0.2) is 47.6 Å². The average molecular weight is 491 g/mol. The summed E-state index contributed by atoms with van der Waals surface area (Å²) in [5.74, 6) is 2.25. The van der Waals surface area contributed by atoms with Crippen molar-refractivity contribution in [1.82, 2.24) is 19.8 Å². The average Bonchev–Trinajstić information content (AvgIpc) is 3.15. The minimum atomic E-state index is 0. The van der Waals surface area contributed by atoms with Gasteiger partial charge in [0.05, 0.1) is 5.69 Å². The summed E-state index contributed by atoms with van der Waals surface area (Å²) in [6.45, 7) is 3.90. The van der Waals surface area contributed by atoms with E-state index >= 15 is 0 Å². The molecule has 2 aromatic rings. The first-order valence-corrected chi connectivity index (χ1v) is 10.1. The van der Waals surface area contributed by atoms with Crippen LogP contribution in [0.1, 0.15) is 36.3 Å². The largest absolute Gasteiger partial charge is 0.356 e. The molecule has 0 amide bonds. The molecule has 0 saturated heterocycles. The first-order chi connectivity index (χ1) is 13.3. The third-order valence-electron chi connectivity index (χ3n) is 5.49. The van der Waals surface area contributed by atoms with E-state index in [2.05, 4.69) is 62.4 Å². The van der Waals surface area contributed by atoms with E-state index in [-0.39, 0.29) is 24.0 Å². The molecule has 2 aliphatic heterocycles. The first kappa shape index (κ1) is 20.9. The van der Waals surface area contributed by atoms with E-state index in [0.29, 0.717) is 0 Å². The molecule has 5 nitrogen and oxygen atoms in total. The lowest BCUT2D eigenvalue weighted by molar-refractivity contribution is 0.440. The summed E-state index contributed by atoms with van der Waals surface area (Å²) in [5.41, 5.74) is 3.97. The van der Waals surface area contributed by atoms with Gasteiger partial charge in [0.25, 0.3) is 0 Å². The van der Waals surface area contributed by atoms with Crippen LogP contribution in [-0.2, 0) is 19.4 Å². The van der Waals surface area contributed by atoms with Crippen LogP contribution >= 0.6 is 24.0 Å². The van der Waals surface area contributed by atoms with Crippen molar-refractivity contribution in [2.75, 3.05) is 26.7 Å². The zero-order chi connectivity index (χ0) is 18.5. The molecule has 0 radical (unpaired) electrons. The highest BCUT2D eigenvalue weighted by atomic mass is 127. The van der Waals surface area contributed by atoms with Crippen molar-refractivity contribution in [2.45, 2.75) is 38.6 Å². The molecule has 0 saturated carbocycles. The van der Waals surface area contributed by atoms with E-state index in [0.717, 1.165) is 51.4 Å². The van der Waals surface area contributed by atoms with Crippen molar-refractivity contribution >= 4 is 35.5 Å². The monoisotopic (exact) mass is 491 g/mol. The van der Waals surface area contributed by atoms with E-state index < -0.39 is 0 Å². The van der Waals surface area contributed by atoms with Gasteiger partial charge in [-0.2, -0.15) is 0 Å². The van der Waals surface area contributed by atoms with Gasteiger partial charge in [0.15, 0.2) is 5.96 Å². The Hall–Kier alpha value is -1.83. The molecule has 3 heterocycles. The third kappa shape index (κ3) is 4.96. The van der Waals surface area contributed by atoms with E-state index in [1.165, 1.54) is 35.5 Å². The number of rotatable bonds is 4. The quantitative estimate of drug-likeness (QED) is 0.403. The van der Waals surface area contributed by atoms with Crippen LogP contribution in [0.2, 0.25) is 0 Å². The lowest BCUT2D eigenvalue weighted by Gasteiger charge is -2.29. The predicted molar refractivity (Wildman–Crippen MR) is 126 cm³/mol. The van der Waals surface area contributed by atoms with E-state index in [4.69, 9.17) is 4.98 Å². The Morgan fingerprint density at radius 3 is 2.71 bits per heavy atom. The summed E-state index contributed by atoms with van der Waals surface area (Å²) >= 11 is 0. The van der Waals surface area contributed by atoms with Crippen molar-refractivity contribution in [2.24, 2.45) is 4.99 Å². The molecule has 1 N–H and O–H groups in total. The summed E-state index contributed by atoms with van der Waals surface area (Å²) in [7, 11) is 1.87. The minimum Gasteiger partial charge on any atom is -0.356 e. The molecule has 0 fully saturated rings. The second-order valence-corrected chi connectivity index (χ2v) is 7.31. The highest BCUT2D eigenvalue weighted by Gasteiger charge is 2.16. The van der Waals surface area contributed by atoms with Crippen LogP contribution in [0.25, 0.3) is 5.57 Å². The zero-order valence-corrected chi connectivity index (χ0v) is 18.9. The van der Waals surface area contributed by atoms with Gasteiger partial charge in [0.1, 0.15) is 5.82 Å². The lowest BCUT2D eigenvalue weighted by Crippen LogP contribution is -2.44. The van der Waals surface area contributed by atoms with Crippen LogP contribution in [0, 0.1) is 0 Å². The number of hydrogen-bond donors (Lipinski definition) is 1. The highest BCUT2D eigenvalue weighted by molar-refractivity contribution is 14.0. The molecule has 6 heteroatoms. The fraction of sp³-hybridized carbons (Fsp3) is 0.455. The molecule has 0 bridgehead atoms. The van der Waals surface area contributed by atoms with Gasteiger partial charge < -0.3 is 14.8 Å². The van der Waals surface area contributed by atoms with Crippen LogP contribution in [0.5, 0.6) is 0 Å². The van der Waals surface area contributed by atoms with Crippen molar-refractivity contribution in [3.63, 3.8) is 0 Å². The second kappa shape index (κ2) is 10.1. The van der Waals surface area contributed by atoms with Gasteiger partial charge in [-0.05, 0) is 30.4 Å². The van der Waals surface area contributed by atoms with Gasteiger partial charge in [-0.15, -0.1) is 24.0 Å². The molecule has 0 unspecified atom stereocenters. The molecule has 0 aliphatic carbocycles. The van der Waals surface area contributed by atoms with Crippen LogP contribution in [0.4, 0.5) is 0 Å². The fourth-order valence-electron chi connectivity index (χ4n) is 4.00. The molecule has 1 aromatic carbocycles. The topological polar surface area (TPSA) is 45.5 Å². The fourth-order valence-corrected chi connectivity index (χ4v) is 4.00. The Labute approximate surface area is 185 Å². The van der Waals surface area contributed by atoms with Gasteiger partial charge in [0, 0.05) is 52.3 Å². The maximum Gasteiger partial charge on any atom is 0.193 e. The first-order valence-electron chi connectivity index (χ1n) is 10.1. The molecule has 4 rings (SSSR count). The standard InChI is InChI=1S/C22H29N5.HI/c1-23-22(24-13-10-20-17-27-14-6-5-9-21(27)25-20)26-15-11-19(12-16-26)18-7-3-2-4-8-18;/h2-4,7-8,11,17H,5-6,9-10,12-16H2,1H3,(H,23,24);1H. The SMILES string of the molecule is CN=C(NCCc1cn2c(n1)CCCC2)N1CC=C(c2ccccc2)CC1.I. The summed E-state index contributed by atoms with van der Waals surface area (Å²) < 4.78 is 2.33. The number of nitrogens with one attached hydrogen (secondary N) is 1. The molecular formula is C22H30IN5. The number of hydrogen-bond acceptors (Lipinski definition) is 2. The van der Waals surface area contributed by atoms with Crippen LogP contribution < -0.4 is 5.32 Å². The lowest BCUT2D eigenvalue weighted by atomic mass is 10.00. The smallest absolute Gasteiger partial charge is 0.193 e. The maximum absolute atomic E-state index is 4.79. The molecule has 150 valence electrons. The number of guanidine groups is 1. The number of aryl methyl sites for hydroxylation is 2. The van der Waals surface area contributed by atoms with Gasteiger partial charge >= 0.3 is 0 Å². The molecule has 0 atom stereocenters. The summed E-state index contributed by atoms with van der Waals surface area (Å²) in [5, 5.41) is 3.52. The summed E-state index contributed by atoms with van der Waals surface area (Å²) in [6, 6.07) is 10.7. The maximum atomic E-state index is 4.79. The van der Waals surface area contributed by atoms with Crippen LogP contribution in [0.3, 0.4) is 0 Å². The van der Waals surface area contributed by atoms with Crippen molar-refractivity contribution in [1.29, 1.82) is 0 Å². The van der Waals surface area contributed by atoms with Crippen molar-refractivity contribution < 1.29 is 0 Å². The van der Waals surface area contributed by atoms with E-state index in [1.54, 1.807) is 0 Å². The van der Waals surface area contributed by atoms with Gasteiger partial charge in [0.2, 0.25) is 0 Å². The number of halogens is 1. The predicted octanol–water partition coefficient (Wildman–Crippen LogP) is 3.74. The normalized spacial score (nSPS) is 16.8. The number of aliphatic imine (C=N–C) groups is 1. The molecule has 2 aliphatic rings. The Morgan fingerprint density at radius 2 is 2.00 bits per heavy atom. The number of fused-ring (bicyclic) bond motifs is 1. The summed E-state index contributed by atoms with van der Waals surface area (Å²) in [6.07, 6.45) is 10.2. The zero-order valence-electron chi connectivity index (χ0n) is 16.6. The van der Waals surface area contributed by atoms with Crippen molar-refractivity contribution in [3.8, 4) is 0 Å². The van der Waals surface area contributed by atoms with Gasteiger partial charge in [-0.1, -0.05) is 36.4 Å². The highest BCUT2D eigenvalue weighted by Crippen LogP contribution is 2.22. The van der Waals surface area contributed by atoms with Gasteiger partial charge in [-0.3, -0.25) is 4.99 Å². The summed E-state index contributed by atoms with van der Waals surface area (Å²) in [4.78, 5) is 11.6. The minimum absolute atomic E-state index is 0. The van der Waals surface area contributed by atoms with Crippen molar-refractivity contribution in [3.05, 3.63) is 59.7 Å². The Balaban J connectivity index is 0.00000225. The van der Waals surface area contributed by atoms with E-state index in [9.17, 15) is 0 Å². The van der Waals surface area contributed by atoms with E-state index in [1.807, 2.05) is 7.05 Å². The Morgan fingerprint density at radius 1 is 1.14 bits per heavy atom. The third-order valence-corrected chi connectivity index (χ3v) is 5.49. The number of nitrogens with zero attached hydrogens (tertiary/aromatic N) is 4. The Bertz CT molecular complexity index is 801. The van der Waals surface area contributed by atoms with Crippen LogP contribution in [-0.4, -0.2) is 47.1 Å². The number of imidazole rings is 1. The molecular weight excluding hydrogens is 461 g/mol. The molecule has 1 aromatic heterocycles. The second-order valence-electron chi connectivity index (χ2n) is 7.31. The molecule has 28 heavy (non-hydrogen) atoms. The number of benzene rings is 1. The Kier molecular flexibility index (Phi) is 7.53.